The highest BCUT2D eigenvalue weighted by molar-refractivity contribution is 5.40. The maximum Gasteiger partial charge on any atom is 0.0420 e. The van der Waals surface area contributed by atoms with E-state index in [2.05, 4.69) is 30.4 Å². The molecule has 1 heteroatoms. The molecule has 0 amide bonds. The number of rotatable bonds is 12. The van der Waals surface area contributed by atoms with Crippen LogP contribution in [0.5, 0.6) is 0 Å². The van der Waals surface area contributed by atoms with Gasteiger partial charge in [-0.1, -0.05) is 82.9 Å². The summed E-state index contributed by atoms with van der Waals surface area (Å²) < 4.78 is 0. The Morgan fingerprint density at radius 1 is 0.842 bits per heavy atom. The summed E-state index contributed by atoms with van der Waals surface area (Å²) in [6.45, 7) is 3.36. The van der Waals surface area contributed by atoms with Gasteiger partial charge in [0.05, 0.1) is 0 Å². The predicted molar refractivity (Wildman–Crippen MR) is 85.6 cm³/mol. The lowest BCUT2D eigenvalue weighted by Gasteiger charge is -2.05. The molecule has 0 bridgehead atoms. The minimum absolute atomic E-state index is 1.08. The highest BCUT2D eigenvalue weighted by Crippen LogP contribution is 2.11. The van der Waals surface area contributed by atoms with E-state index < -0.39 is 0 Å². The summed E-state index contributed by atoms with van der Waals surface area (Å²) in [4.78, 5) is 0. The minimum Gasteiger partial charge on any atom is -0.385 e. The van der Waals surface area contributed by atoms with Gasteiger partial charge in [-0.25, -0.2) is 0 Å². The summed E-state index contributed by atoms with van der Waals surface area (Å²) in [6, 6.07) is 11.3. The minimum atomic E-state index is 1.08. The molecule has 1 aromatic rings. The summed E-state index contributed by atoms with van der Waals surface area (Å²) in [5.74, 6) is 0. The number of unbranched alkanes of at least 4 members (excludes halogenated alkanes) is 9. The van der Waals surface area contributed by atoms with Crippen LogP contribution in [-0.4, -0.2) is 6.54 Å². The van der Waals surface area contributed by atoms with Crippen molar-refractivity contribution in [3.8, 4) is 0 Å². The molecule has 0 heterocycles. The van der Waals surface area contributed by atoms with Crippen LogP contribution in [0.4, 0.5) is 5.69 Å². The van der Waals surface area contributed by atoms with Crippen molar-refractivity contribution in [2.24, 2.45) is 0 Å². The predicted octanol–water partition coefficient (Wildman–Crippen LogP) is 5.82. The van der Waals surface area contributed by atoms with E-state index in [1.165, 1.54) is 64.2 Å². The van der Waals surface area contributed by atoms with Crippen LogP contribution in [0.15, 0.2) is 24.3 Å². The number of nitrogens with one attached hydrogen (secondary N) is 1. The molecule has 107 valence electrons. The standard InChI is InChI=1S/C18H30N/c1-2-3-4-5-6-7-8-9-10-14-17-19-18-15-12-11-13-16-18/h11-13,15,19H,2-10,14,17H2,1H3. The van der Waals surface area contributed by atoms with Crippen LogP contribution in [-0.2, 0) is 0 Å². The molecular weight excluding hydrogens is 230 g/mol. The largest absolute Gasteiger partial charge is 0.385 e. The van der Waals surface area contributed by atoms with Crippen LogP contribution in [0.1, 0.15) is 71.1 Å². The van der Waals surface area contributed by atoms with Crippen LogP contribution in [0.3, 0.4) is 0 Å². The third kappa shape index (κ3) is 9.58. The fraction of sp³-hybridized carbons (Fsp3) is 0.667. The molecule has 1 radical (unpaired) electrons. The van der Waals surface area contributed by atoms with Gasteiger partial charge in [0, 0.05) is 18.3 Å². The molecule has 0 fully saturated rings. The number of para-hydroxylation sites is 1. The lowest BCUT2D eigenvalue weighted by atomic mass is 10.1. The van der Waals surface area contributed by atoms with Crippen molar-refractivity contribution in [3.63, 3.8) is 0 Å². The third-order valence-corrected chi connectivity index (χ3v) is 3.55. The maximum absolute atomic E-state index is 3.41. The van der Waals surface area contributed by atoms with Gasteiger partial charge in [-0.05, 0) is 12.5 Å². The van der Waals surface area contributed by atoms with Gasteiger partial charge in [0.25, 0.3) is 0 Å². The quantitative estimate of drug-likeness (QED) is 0.467. The van der Waals surface area contributed by atoms with Gasteiger partial charge >= 0.3 is 0 Å². The Kier molecular flexibility index (Phi) is 10.2. The molecule has 0 unspecified atom stereocenters. The fourth-order valence-electron chi connectivity index (χ4n) is 2.34. The monoisotopic (exact) mass is 260 g/mol. The lowest BCUT2D eigenvalue weighted by molar-refractivity contribution is 0.560. The summed E-state index contributed by atoms with van der Waals surface area (Å²) in [5, 5.41) is 3.41. The Morgan fingerprint density at radius 2 is 1.47 bits per heavy atom. The van der Waals surface area contributed by atoms with E-state index in [0.29, 0.717) is 0 Å². The molecule has 0 aliphatic heterocycles. The van der Waals surface area contributed by atoms with Crippen molar-refractivity contribution in [2.45, 2.75) is 71.1 Å². The van der Waals surface area contributed by atoms with Crippen molar-refractivity contribution in [1.82, 2.24) is 0 Å². The van der Waals surface area contributed by atoms with Gasteiger partial charge in [-0.15, -0.1) is 0 Å². The van der Waals surface area contributed by atoms with Crippen molar-refractivity contribution in [3.05, 3.63) is 30.3 Å². The molecule has 1 aromatic carbocycles. The first-order valence-corrected chi connectivity index (χ1v) is 8.14. The Hall–Kier alpha value is -0.980. The molecule has 0 aromatic heterocycles. The SMILES string of the molecule is CCCCCCCCCCCCNc1[c]cccc1. The van der Waals surface area contributed by atoms with Crippen LogP contribution >= 0.6 is 0 Å². The van der Waals surface area contributed by atoms with Crippen molar-refractivity contribution in [1.29, 1.82) is 0 Å². The number of hydrogen-bond donors (Lipinski definition) is 1. The highest BCUT2D eigenvalue weighted by Gasteiger charge is 1.93. The number of anilines is 1. The number of benzene rings is 1. The van der Waals surface area contributed by atoms with Gasteiger partial charge < -0.3 is 5.32 Å². The first kappa shape index (κ1) is 16.1. The average molecular weight is 260 g/mol. The molecule has 0 atom stereocenters. The smallest absolute Gasteiger partial charge is 0.0420 e. The summed E-state index contributed by atoms with van der Waals surface area (Å²) in [6.07, 6.45) is 14.0. The van der Waals surface area contributed by atoms with Crippen LogP contribution in [0.2, 0.25) is 0 Å². The van der Waals surface area contributed by atoms with E-state index in [1.807, 2.05) is 12.1 Å². The first-order valence-electron chi connectivity index (χ1n) is 8.14. The molecule has 19 heavy (non-hydrogen) atoms. The second kappa shape index (κ2) is 12.1. The van der Waals surface area contributed by atoms with E-state index in [1.54, 1.807) is 0 Å². The molecular formula is C18H30N. The van der Waals surface area contributed by atoms with E-state index in [9.17, 15) is 0 Å². The Bertz CT molecular complexity index is 281. The zero-order valence-corrected chi connectivity index (χ0v) is 12.6. The van der Waals surface area contributed by atoms with E-state index in [0.717, 1.165) is 12.2 Å². The number of hydrogen-bond acceptors (Lipinski definition) is 1. The second-order valence-corrected chi connectivity index (χ2v) is 5.39. The van der Waals surface area contributed by atoms with E-state index >= 15 is 0 Å². The second-order valence-electron chi connectivity index (χ2n) is 5.39. The third-order valence-electron chi connectivity index (χ3n) is 3.55. The van der Waals surface area contributed by atoms with Crippen molar-refractivity contribution >= 4 is 5.69 Å². The summed E-state index contributed by atoms with van der Waals surface area (Å²) in [7, 11) is 0. The zero-order valence-electron chi connectivity index (χ0n) is 12.6. The highest BCUT2D eigenvalue weighted by atomic mass is 14.9. The molecule has 0 spiro atoms. The zero-order chi connectivity index (χ0) is 13.6. The first-order chi connectivity index (χ1) is 9.43. The topological polar surface area (TPSA) is 12.0 Å². The van der Waals surface area contributed by atoms with E-state index in [4.69, 9.17) is 0 Å². The van der Waals surface area contributed by atoms with Gasteiger partial charge in [-0.2, -0.15) is 0 Å². The summed E-state index contributed by atoms with van der Waals surface area (Å²) >= 11 is 0. The van der Waals surface area contributed by atoms with Gasteiger partial charge in [0.2, 0.25) is 0 Å². The average Bonchev–Trinajstić information content (AvgIpc) is 2.46. The van der Waals surface area contributed by atoms with Crippen LogP contribution in [0, 0.1) is 6.07 Å². The maximum atomic E-state index is 3.41. The molecule has 1 nitrogen and oxygen atoms in total. The van der Waals surface area contributed by atoms with Crippen molar-refractivity contribution < 1.29 is 0 Å². The van der Waals surface area contributed by atoms with Gasteiger partial charge in [-0.3, -0.25) is 0 Å². The van der Waals surface area contributed by atoms with Crippen LogP contribution < -0.4 is 5.32 Å². The Balaban J connectivity index is 1.79. The fourth-order valence-corrected chi connectivity index (χ4v) is 2.34. The molecule has 0 aliphatic rings. The molecule has 1 N–H and O–H groups in total. The van der Waals surface area contributed by atoms with Gasteiger partial charge in [0.1, 0.15) is 0 Å². The Labute approximate surface area is 119 Å². The van der Waals surface area contributed by atoms with E-state index in [-0.39, 0.29) is 0 Å². The van der Waals surface area contributed by atoms with Crippen LogP contribution in [0.25, 0.3) is 0 Å². The molecule has 1 rings (SSSR count). The molecule has 0 aliphatic carbocycles. The summed E-state index contributed by atoms with van der Waals surface area (Å²) in [5.41, 5.74) is 1.12. The van der Waals surface area contributed by atoms with Crippen molar-refractivity contribution in [2.75, 3.05) is 11.9 Å². The Morgan fingerprint density at radius 3 is 2.05 bits per heavy atom. The normalized spacial score (nSPS) is 10.6. The lowest BCUT2D eigenvalue weighted by Crippen LogP contribution is -2.00. The molecule has 0 saturated heterocycles. The van der Waals surface area contributed by atoms with Gasteiger partial charge in [0.15, 0.2) is 0 Å². The molecule has 0 saturated carbocycles.